The van der Waals surface area contributed by atoms with Crippen LogP contribution in [0.25, 0.3) is 0 Å². The van der Waals surface area contributed by atoms with Gasteiger partial charge in [0.2, 0.25) is 0 Å². The lowest BCUT2D eigenvalue weighted by Crippen LogP contribution is -2.43. The maximum atomic E-state index is 13.3. The zero-order valence-electron chi connectivity index (χ0n) is 20.3. The van der Waals surface area contributed by atoms with E-state index in [9.17, 15) is 22.8 Å². The molecule has 0 bridgehead atoms. The molecule has 0 aromatic heterocycles. The molecule has 1 aromatic carbocycles. The number of hydrogen-bond donors (Lipinski definition) is 1. The Labute approximate surface area is 190 Å². The van der Waals surface area contributed by atoms with Crippen LogP contribution in [0.3, 0.4) is 0 Å². The molecule has 1 N–H and O–H groups in total. The highest BCUT2D eigenvalue weighted by molar-refractivity contribution is 6.90. The minimum absolute atomic E-state index is 0.0389. The predicted molar refractivity (Wildman–Crippen MR) is 122 cm³/mol. The van der Waals surface area contributed by atoms with Gasteiger partial charge in [-0.05, 0) is 55.6 Å². The molecule has 0 spiro atoms. The highest BCUT2D eigenvalue weighted by Crippen LogP contribution is 2.41. The average molecular weight is 470 g/mol. The van der Waals surface area contributed by atoms with Crippen molar-refractivity contribution in [3.8, 4) is 11.5 Å². The van der Waals surface area contributed by atoms with Gasteiger partial charge in [0.1, 0.15) is 8.07 Å². The van der Waals surface area contributed by atoms with E-state index < -0.39 is 37.1 Å². The van der Waals surface area contributed by atoms with Gasteiger partial charge >= 0.3 is 12.1 Å². The Hall–Kier alpha value is -2.27. The molecule has 0 unspecified atom stereocenters. The third-order valence-corrected chi connectivity index (χ3v) is 12.0. The second-order valence-corrected chi connectivity index (χ2v) is 15.6. The lowest BCUT2D eigenvalue weighted by molar-refractivity contribution is -0.158. The molecule has 4 nitrogen and oxygen atoms in total. The topological polar surface area (TPSA) is 55.4 Å². The van der Waals surface area contributed by atoms with Gasteiger partial charge in [0.05, 0.1) is 16.5 Å². The Kier molecular flexibility index (Phi) is 8.77. The molecule has 1 aromatic rings. The lowest BCUT2D eigenvalue weighted by atomic mass is 9.98. The summed E-state index contributed by atoms with van der Waals surface area (Å²) in [6.07, 6.45) is -4.58. The van der Waals surface area contributed by atoms with E-state index in [2.05, 4.69) is 53.0 Å². The number of amides is 1. The quantitative estimate of drug-likeness (QED) is 0.311. The molecule has 0 atom stereocenters. The summed E-state index contributed by atoms with van der Waals surface area (Å²) in [6, 6.07) is 2.77. The van der Waals surface area contributed by atoms with Crippen LogP contribution in [0.2, 0.25) is 16.6 Å². The molecular formula is C24H34F3NO3Si. The van der Waals surface area contributed by atoms with E-state index in [0.717, 1.165) is 18.2 Å². The molecule has 0 aliphatic heterocycles. The Balaban J connectivity index is 3.54. The summed E-state index contributed by atoms with van der Waals surface area (Å²) in [5.74, 6) is 1.42. The van der Waals surface area contributed by atoms with Gasteiger partial charge in [-0.25, -0.2) is 4.79 Å². The first kappa shape index (κ1) is 27.8. The molecule has 0 saturated carbocycles. The van der Waals surface area contributed by atoms with Gasteiger partial charge in [-0.2, -0.15) is 18.7 Å². The number of carbonyl (C=O) groups is 2. The van der Waals surface area contributed by atoms with Gasteiger partial charge in [0.25, 0.3) is 5.91 Å². The molecule has 0 aliphatic rings. The number of hydroxylamine groups is 1. The number of carbonyl (C=O) groups excluding carboxylic acids is 2. The third-order valence-electron chi connectivity index (χ3n) is 5.72. The summed E-state index contributed by atoms with van der Waals surface area (Å²) in [5, 5.41) is 0. The van der Waals surface area contributed by atoms with Crippen molar-refractivity contribution in [2.45, 2.75) is 85.1 Å². The largest absolute Gasteiger partial charge is 0.416 e. The second-order valence-electron chi connectivity index (χ2n) is 9.98. The average Bonchev–Trinajstić information content (AvgIpc) is 2.63. The molecule has 1 amide bonds. The van der Waals surface area contributed by atoms with Crippen molar-refractivity contribution in [3.05, 3.63) is 34.9 Å². The van der Waals surface area contributed by atoms with Crippen LogP contribution in [0, 0.1) is 16.9 Å². The number of halogens is 3. The Morgan fingerprint density at radius 2 is 1.47 bits per heavy atom. The molecule has 32 heavy (non-hydrogen) atoms. The smallest absolute Gasteiger partial charge is 0.340 e. The molecule has 0 fully saturated rings. The Morgan fingerprint density at radius 1 is 0.969 bits per heavy atom. The Morgan fingerprint density at radius 3 is 1.88 bits per heavy atom. The van der Waals surface area contributed by atoms with E-state index in [1.54, 1.807) is 20.8 Å². The summed E-state index contributed by atoms with van der Waals surface area (Å²) in [6.45, 7) is 17.4. The number of rotatable bonds is 4. The summed E-state index contributed by atoms with van der Waals surface area (Å²) in [7, 11) is -2.25. The van der Waals surface area contributed by atoms with Crippen molar-refractivity contribution < 1.29 is 27.6 Å². The van der Waals surface area contributed by atoms with E-state index in [0.29, 0.717) is 0 Å². The maximum absolute atomic E-state index is 13.3. The van der Waals surface area contributed by atoms with E-state index >= 15 is 0 Å². The molecule has 1 rings (SSSR count). The summed E-state index contributed by atoms with van der Waals surface area (Å²) in [4.78, 5) is 29.4. The molecule has 0 aliphatic carbocycles. The number of hydrogen-bond acceptors (Lipinski definition) is 3. The van der Waals surface area contributed by atoms with Crippen molar-refractivity contribution in [1.82, 2.24) is 5.48 Å². The predicted octanol–water partition coefficient (Wildman–Crippen LogP) is 6.51. The number of alkyl halides is 3. The van der Waals surface area contributed by atoms with Crippen LogP contribution in [0.1, 0.15) is 83.8 Å². The fourth-order valence-corrected chi connectivity index (χ4v) is 9.15. The van der Waals surface area contributed by atoms with Crippen molar-refractivity contribution in [1.29, 1.82) is 0 Å². The standard InChI is InChI=1S/C24H34F3NO3Si/c1-15(2)32(16(3)4,17(5)6)13-12-18-14-19(24(25,26)27)10-11-20(18)21(29)28-31-22(30)23(7,8)9/h10-11,14-17H,1-9H3,(H,28,29). The first-order chi connectivity index (χ1) is 14.4. The Bertz CT molecular complexity index is 882. The number of nitrogens with one attached hydrogen (secondary N) is 1. The normalized spacial score (nSPS) is 12.6. The molecule has 0 heterocycles. The van der Waals surface area contributed by atoms with Crippen LogP contribution < -0.4 is 5.48 Å². The number of benzene rings is 1. The van der Waals surface area contributed by atoms with E-state index in [4.69, 9.17) is 4.84 Å². The fourth-order valence-electron chi connectivity index (χ4n) is 3.93. The fraction of sp³-hybridized carbons (Fsp3) is 0.583. The van der Waals surface area contributed by atoms with Crippen LogP contribution >= 0.6 is 0 Å². The van der Waals surface area contributed by atoms with Crippen LogP contribution in [-0.4, -0.2) is 20.0 Å². The zero-order chi connectivity index (χ0) is 25.1. The summed E-state index contributed by atoms with van der Waals surface area (Å²) >= 11 is 0. The van der Waals surface area contributed by atoms with Crippen molar-refractivity contribution in [2.24, 2.45) is 5.41 Å². The summed E-state index contributed by atoms with van der Waals surface area (Å²) < 4.78 is 40.0. The minimum Gasteiger partial charge on any atom is -0.340 e. The monoisotopic (exact) mass is 469 g/mol. The maximum Gasteiger partial charge on any atom is 0.416 e. The molecule has 178 valence electrons. The lowest BCUT2D eigenvalue weighted by Gasteiger charge is -2.38. The van der Waals surface area contributed by atoms with Crippen molar-refractivity contribution in [2.75, 3.05) is 0 Å². The first-order valence-electron chi connectivity index (χ1n) is 10.7. The van der Waals surface area contributed by atoms with E-state index in [1.165, 1.54) is 0 Å². The molecular weight excluding hydrogens is 435 g/mol. The molecule has 0 saturated heterocycles. The van der Waals surface area contributed by atoms with Gasteiger partial charge in [-0.15, -0.1) is 5.54 Å². The van der Waals surface area contributed by atoms with Gasteiger partial charge < -0.3 is 4.84 Å². The van der Waals surface area contributed by atoms with E-state index in [1.807, 2.05) is 5.48 Å². The van der Waals surface area contributed by atoms with Gasteiger partial charge in [0, 0.05) is 5.56 Å². The van der Waals surface area contributed by atoms with Gasteiger partial charge in [-0.1, -0.05) is 47.5 Å². The van der Waals surface area contributed by atoms with Crippen LogP contribution in [-0.2, 0) is 15.8 Å². The van der Waals surface area contributed by atoms with Crippen molar-refractivity contribution in [3.63, 3.8) is 0 Å². The molecule has 0 radical (unpaired) electrons. The second kappa shape index (κ2) is 10.1. The van der Waals surface area contributed by atoms with Gasteiger partial charge in [-0.3, -0.25) is 4.79 Å². The third kappa shape index (κ3) is 6.38. The van der Waals surface area contributed by atoms with E-state index in [-0.39, 0.29) is 27.8 Å². The van der Waals surface area contributed by atoms with Gasteiger partial charge in [0.15, 0.2) is 0 Å². The first-order valence-corrected chi connectivity index (χ1v) is 12.9. The van der Waals surface area contributed by atoms with Crippen molar-refractivity contribution >= 4 is 20.0 Å². The van der Waals surface area contributed by atoms with Crippen LogP contribution in [0.4, 0.5) is 13.2 Å². The zero-order valence-corrected chi connectivity index (χ0v) is 21.3. The van der Waals surface area contributed by atoms with Crippen LogP contribution in [0.5, 0.6) is 0 Å². The summed E-state index contributed by atoms with van der Waals surface area (Å²) in [5.41, 5.74) is 4.33. The minimum atomic E-state index is -4.58. The van der Waals surface area contributed by atoms with Crippen LogP contribution in [0.15, 0.2) is 18.2 Å². The SMILES string of the molecule is CC(C)[Si](C#Cc1cc(C(F)(F)F)ccc1C(=O)NOC(=O)C(C)(C)C)(C(C)C)C(C)C. The highest BCUT2D eigenvalue weighted by Gasteiger charge is 2.42. The molecule has 8 heteroatoms. The highest BCUT2D eigenvalue weighted by atomic mass is 28.3.